The smallest absolute Gasteiger partial charge is 0.255 e. The van der Waals surface area contributed by atoms with E-state index in [0.717, 1.165) is 24.1 Å². The van der Waals surface area contributed by atoms with E-state index in [-0.39, 0.29) is 23.5 Å². The standard InChI is InChI=1S/C16H21N5O2S/c1-10-8-24-9-13(10)15(23)21-4-3-12(7-21)20(2)6-11-5-14(22)19-16(17)18-11/h5,8-9,12H,3-4,6-7H2,1-2H3,(H3,17,18,19,22). The van der Waals surface area contributed by atoms with Crippen molar-refractivity contribution in [3.63, 3.8) is 0 Å². The van der Waals surface area contributed by atoms with Crippen LogP contribution in [0.1, 0.15) is 28.0 Å². The number of hydrogen-bond donors (Lipinski definition) is 2. The van der Waals surface area contributed by atoms with Gasteiger partial charge in [-0.15, -0.1) is 0 Å². The lowest BCUT2D eigenvalue weighted by Crippen LogP contribution is -2.36. The number of likely N-dealkylation sites (tertiary alicyclic amines) is 1. The van der Waals surface area contributed by atoms with Gasteiger partial charge in [0, 0.05) is 37.1 Å². The van der Waals surface area contributed by atoms with E-state index in [4.69, 9.17) is 5.73 Å². The summed E-state index contributed by atoms with van der Waals surface area (Å²) in [4.78, 5) is 34.7. The van der Waals surface area contributed by atoms with Crippen molar-refractivity contribution < 1.29 is 4.79 Å². The van der Waals surface area contributed by atoms with Gasteiger partial charge >= 0.3 is 0 Å². The molecule has 0 aliphatic carbocycles. The Labute approximate surface area is 144 Å². The van der Waals surface area contributed by atoms with Crippen molar-refractivity contribution in [3.8, 4) is 0 Å². The first-order valence-corrected chi connectivity index (χ1v) is 8.76. The van der Waals surface area contributed by atoms with E-state index < -0.39 is 0 Å². The van der Waals surface area contributed by atoms with Crippen LogP contribution in [0.5, 0.6) is 0 Å². The number of carbonyl (C=O) groups is 1. The van der Waals surface area contributed by atoms with Gasteiger partial charge in [-0.3, -0.25) is 19.5 Å². The molecular weight excluding hydrogens is 326 g/mol. The second-order valence-corrected chi connectivity index (χ2v) is 6.94. The van der Waals surface area contributed by atoms with Crippen molar-refractivity contribution in [2.75, 3.05) is 25.9 Å². The molecule has 1 unspecified atom stereocenters. The van der Waals surface area contributed by atoms with Crippen molar-refractivity contribution >= 4 is 23.2 Å². The quantitative estimate of drug-likeness (QED) is 0.862. The number of thiophene rings is 1. The molecule has 128 valence electrons. The lowest BCUT2D eigenvalue weighted by atomic mass is 10.2. The summed E-state index contributed by atoms with van der Waals surface area (Å²) in [7, 11) is 1.98. The summed E-state index contributed by atoms with van der Waals surface area (Å²) in [6.45, 7) is 3.92. The lowest BCUT2D eigenvalue weighted by Gasteiger charge is -2.24. The molecular formula is C16H21N5O2S. The number of nitrogens with zero attached hydrogens (tertiary/aromatic N) is 3. The highest BCUT2D eigenvalue weighted by atomic mass is 32.1. The zero-order valence-electron chi connectivity index (χ0n) is 13.8. The molecule has 7 nitrogen and oxygen atoms in total. The van der Waals surface area contributed by atoms with Crippen molar-refractivity contribution in [2.24, 2.45) is 0 Å². The van der Waals surface area contributed by atoms with E-state index >= 15 is 0 Å². The maximum absolute atomic E-state index is 12.6. The van der Waals surface area contributed by atoms with Crippen LogP contribution in [0.4, 0.5) is 5.95 Å². The zero-order valence-corrected chi connectivity index (χ0v) is 14.6. The molecule has 0 aromatic carbocycles. The summed E-state index contributed by atoms with van der Waals surface area (Å²) in [5.74, 6) is 0.227. The summed E-state index contributed by atoms with van der Waals surface area (Å²) in [6.07, 6.45) is 0.907. The predicted molar refractivity (Wildman–Crippen MR) is 94.1 cm³/mol. The van der Waals surface area contributed by atoms with Crippen LogP contribution in [-0.2, 0) is 6.54 Å². The van der Waals surface area contributed by atoms with Crippen molar-refractivity contribution in [2.45, 2.75) is 25.9 Å². The van der Waals surface area contributed by atoms with Crippen LogP contribution in [0.2, 0.25) is 0 Å². The number of aryl methyl sites for hydroxylation is 1. The molecule has 2 aromatic heterocycles. The van der Waals surface area contributed by atoms with Gasteiger partial charge in [0.05, 0.1) is 11.3 Å². The third kappa shape index (κ3) is 3.49. The number of carbonyl (C=O) groups excluding carboxylic acids is 1. The minimum absolute atomic E-state index is 0.100. The number of hydrogen-bond acceptors (Lipinski definition) is 6. The molecule has 3 N–H and O–H groups in total. The number of likely N-dealkylation sites (N-methyl/N-ethyl adjacent to an activating group) is 1. The SMILES string of the molecule is Cc1cscc1C(=O)N1CCC(N(C)Cc2cc(=O)[nH]c(N)n2)C1. The minimum atomic E-state index is -0.248. The number of amides is 1. The second-order valence-electron chi connectivity index (χ2n) is 6.20. The predicted octanol–water partition coefficient (Wildman–Crippen LogP) is 1.07. The molecule has 0 radical (unpaired) electrons. The number of nitrogen functional groups attached to an aromatic ring is 1. The maximum atomic E-state index is 12.6. The molecule has 0 saturated carbocycles. The van der Waals surface area contributed by atoms with E-state index in [2.05, 4.69) is 14.9 Å². The van der Waals surface area contributed by atoms with E-state index in [9.17, 15) is 9.59 Å². The van der Waals surface area contributed by atoms with Crippen molar-refractivity contribution in [3.05, 3.63) is 44.0 Å². The molecule has 3 rings (SSSR count). The summed E-state index contributed by atoms with van der Waals surface area (Å²) >= 11 is 1.55. The van der Waals surface area contributed by atoms with Gasteiger partial charge < -0.3 is 10.6 Å². The fourth-order valence-electron chi connectivity index (χ4n) is 3.03. The molecule has 1 aliphatic heterocycles. The zero-order chi connectivity index (χ0) is 17.3. The Balaban J connectivity index is 1.63. The highest BCUT2D eigenvalue weighted by Crippen LogP contribution is 2.21. The molecule has 8 heteroatoms. The van der Waals surface area contributed by atoms with Crippen molar-refractivity contribution in [1.82, 2.24) is 19.8 Å². The Morgan fingerprint density at radius 1 is 1.54 bits per heavy atom. The van der Waals surface area contributed by atoms with Crippen molar-refractivity contribution in [1.29, 1.82) is 0 Å². The molecule has 1 fully saturated rings. The van der Waals surface area contributed by atoms with Gasteiger partial charge in [0.25, 0.3) is 11.5 Å². The fourth-order valence-corrected chi connectivity index (χ4v) is 3.85. The van der Waals surface area contributed by atoms with E-state index in [0.29, 0.717) is 18.8 Å². The molecule has 0 spiro atoms. The monoisotopic (exact) mass is 347 g/mol. The molecule has 2 aromatic rings. The van der Waals surface area contributed by atoms with Gasteiger partial charge in [0.15, 0.2) is 0 Å². The highest BCUT2D eigenvalue weighted by Gasteiger charge is 2.30. The van der Waals surface area contributed by atoms with Crippen LogP contribution in [0.15, 0.2) is 21.6 Å². The Morgan fingerprint density at radius 3 is 3.00 bits per heavy atom. The van der Waals surface area contributed by atoms with E-state index in [1.54, 1.807) is 11.3 Å². The number of nitrogens with two attached hydrogens (primary N) is 1. The number of H-pyrrole nitrogens is 1. The van der Waals surface area contributed by atoms with Gasteiger partial charge in [-0.05, 0) is 31.3 Å². The molecule has 1 amide bonds. The largest absolute Gasteiger partial charge is 0.369 e. The summed E-state index contributed by atoms with van der Waals surface area (Å²) in [6, 6.07) is 1.70. The van der Waals surface area contributed by atoms with Crippen LogP contribution in [0.25, 0.3) is 0 Å². The first-order chi connectivity index (χ1) is 11.4. The number of aromatic nitrogens is 2. The third-order valence-electron chi connectivity index (χ3n) is 4.38. The Kier molecular flexibility index (Phi) is 4.68. The van der Waals surface area contributed by atoms with Gasteiger partial charge in [-0.1, -0.05) is 0 Å². The van der Waals surface area contributed by atoms with Gasteiger partial charge in [0.1, 0.15) is 0 Å². The second kappa shape index (κ2) is 6.74. The van der Waals surface area contributed by atoms with Gasteiger partial charge in [-0.2, -0.15) is 11.3 Å². The Morgan fingerprint density at radius 2 is 2.33 bits per heavy atom. The highest BCUT2D eigenvalue weighted by molar-refractivity contribution is 7.08. The number of aromatic amines is 1. The third-order valence-corrected chi connectivity index (χ3v) is 5.25. The fraction of sp³-hybridized carbons (Fsp3) is 0.438. The van der Waals surface area contributed by atoms with Gasteiger partial charge in [0.2, 0.25) is 5.95 Å². The van der Waals surface area contributed by atoms with Crippen LogP contribution in [0, 0.1) is 6.92 Å². The first kappa shape index (κ1) is 16.7. The van der Waals surface area contributed by atoms with Crippen LogP contribution in [0.3, 0.4) is 0 Å². The maximum Gasteiger partial charge on any atom is 0.255 e. The normalized spacial score (nSPS) is 17.6. The summed E-state index contributed by atoms with van der Waals surface area (Å²) in [5, 5.41) is 3.91. The minimum Gasteiger partial charge on any atom is -0.369 e. The van der Waals surface area contributed by atoms with Crippen LogP contribution in [-0.4, -0.2) is 51.9 Å². The molecule has 0 bridgehead atoms. The molecule has 1 atom stereocenters. The van der Waals surface area contributed by atoms with Crippen LogP contribution >= 0.6 is 11.3 Å². The lowest BCUT2D eigenvalue weighted by molar-refractivity contribution is 0.0779. The van der Waals surface area contributed by atoms with E-state index in [1.807, 2.05) is 29.6 Å². The number of anilines is 1. The van der Waals surface area contributed by atoms with Crippen LogP contribution < -0.4 is 11.3 Å². The average Bonchev–Trinajstić information content (AvgIpc) is 3.14. The molecule has 1 aliphatic rings. The Hall–Kier alpha value is -2.19. The Bertz CT molecular complexity index is 800. The molecule has 3 heterocycles. The number of nitrogens with one attached hydrogen (secondary N) is 1. The van der Waals surface area contributed by atoms with E-state index in [1.165, 1.54) is 6.07 Å². The number of rotatable bonds is 4. The van der Waals surface area contributed by atoms with Gasteiger partial charge in [-0.25, -0.2) is 4.98 Å². The summed E-state index contributed by atoms with van der Waals surface area (Å²) < 4.78 is 0. The topological polar surface area (TPSA) is 95.3 Å². The first-order valence-electron chi connectivity index (χ1n) is 7.82. The summed E-state index contributed by atoms with van der Waals surface area (Å²) in [5.41, 5.74) is 7.80. The molecule has 1 saturated heterocycles. The average molecular weight is 347 g/mol. The molecule has 24 heavy (non-hydrogen) atoms.